The van der Waals surface area contributed by atoms with E-state index >= 15 is 0 Å². The van der Waals surface area contributed by atoms with E-state index < -0.39 is 47.9 Å². The summed E-state index contributed by atoms with van der Waals surface area (Å²) >= 11 is 0. The number of hydrogen-bond donors (Lipinski definition) is 2. The number of benzene rings is 1. The molecule has 2 N–H and O–H groups in total. The van der Waals surface area contributed by atoms with Crippen molar-refractivity contribution in [3.8, 4) is 23.5 Å². The molecule has 1 aliphatic heterocycles. The molecule has 2 atom stereocenters. The molecule has 1 aliphatic rings. The lowest BCUT2D eigenvalue weighted by Gasteiger charge is -2.34. The lowest BCUT2D eigenvalue weighted by atomic mass is 9.92. The van der Waals surface area contributed by atoms with E-state index in [4.69, 9.17) is 6.42 Å². The van der Waals surface area contributed by atoms with Crippen molar-refractivity contribution in [2.45, 2.75) is 65.2 Å². The number of likely N-dealkylation sites (tertiary alicyclic amines) is 1. The van der Waals surface area contributed by atoms with Crippen LogP contribution in [-0.2, 0) is 16.0 Å². The molecule has 3 heterocycles. The van der Waals surface area contributed by atoms with E-state index in [1.165, 1.54) is 12.4 Å². The number of hydrogen-bond acceptors (Lipinski definition) is 5. The highest BCUT2D eigenvalue weighted by Crippen LogP contribution is 2.32. The molecule has 1 fully saturated rings. The molecule has 10 heteroatoms. The second-order valence-corrected chi connectivity index (χ2v) is 11.9. The van der Waals surface area contributed by atoms with Gasteiger partial charge in [-0.15, -0.1) is 6.42 Å². The number of terminal acetylenes is 1. The Morgan fingerprint density at radius 3 is 2.48 bits per heavy atom. The topological polar surface area (TPSA) is 105 Å². The zero-order valence-corrected chi connectivity index (χ0v) is 25.4. The van der Waals surface area contributed by atoms with Gasteiger partial charge in [-0.2, -0.15) is 0 Å². The minimum Gasteiger partial charge on any atom is -0.481 e. The van der Waals surface area contributed by atoms with Crippen molar-refractivity contribution < 1.29 is 23.5 Å². The van der Waals surface area contributed by atoms with Crippen molar-refractivity contribution in [2.24, 2.45) is 5.92 Å². The molecule has 0 aliphatic carbocycles. The molecule has 4 rings (SSSR count). The largest absolute Gasteiger partial charge is 0.481 e. The van der Waals surface area contributed by atoms with Gasteiger partial charge >= 0.3 is 5.97 Å². The molecule has 1 saturated heterocycles. The molecule has 3 aromatic rings. The number of aliphatic carboxylic acids is 1. The third-order valence-corrected chi connectivity index (χ3v) is 7.91. The van der Waals surface area contributed by atoms with Crippen LogP contribution in [0.1, 0.15) is 66.7 Å². The molecular formula is C34H38F2N4O4. The van der Waals surface area contributed by atoms with E-state index in [1.54, 1.807) is 6.07 Å². The standard InChI is InChI=1S/C34H38F2N4O4/c1-6-28-26(32-21(4)8-7-9-22(32)5)14-24(16-37-28)29(15-31(41)42)38-33(43)30(12-20(2)3)40-17-23(13-27(36)34(40)44)10-11-39-18-25(35)19-39/h1,7-9,13-14,16-17,20,25,29-30H,10-12,15,18-19H2,2-5H3,(H,38,43)(H,41,42)/t29-,30+/m1/s1. The number of nitrogens with zero attached hydrogens (tertiary/aromatic N) is 3. The van der Waals surface area contributed by atoms with Crippen LogP contribution >= 0.6 is 0 Å². The number of pyridine rings is 2. The number of aryl methyl sites for hydroxylation is 2. The van der Waals surface area contributed by atoms with E-state index in [0.29, 0.717) is 48.4 Å². The molecule has 44 heavy (non-hydrogen) atoms. The summed E-state index contributed by atoms with van der Waals surface area (Å²) in [6, 6.07) is 6.57. The Kier molecular flexibility index (Phi) is 10.3. The van der Waals surface area contributed by atoms with Gasteiger partial charge in [0.25, 0.3) is 5.56 Å². The number of rotatable bonds is 12. The third-order valence-electron chi connectivity index (χ3n) is 7.91. The van der Waals surface area contributed by atoms with Gasteiger partial charge in [0.2, 0.25) is 5.91 Å². The van der Waals surface area contributed by atoms with E-state index in [-0.39, 0.29) is 12.3 Å². The van der Waals surface area contributed by atoms with Crippen LogP contribution in [0.3, 0.4) is 0 Å². The number of carboxylic acids is 1. The van der Waals surface area contributed by atoms with Gasteiger partial charge in [0.1, 0.15) is 17.9 Å². The van der Waals surface area contributed by atoms with Gasteiger partial charge in [-0.25, -0.2) is 13.8 Å². The van der Waals surface area contributed by atoms with E-state index in [0.717, 1.165) is 27.3 Å². The van der Waals surface area contributed by atoms with Gasteiger partial charge in [0.05, 0.1) is 12.5 Å². The van der Waals surface area contributed by atoms with E-state index in [1.807, 2.05) is 50.8 Å². The number of carboxylic acid groups (broad SMARTS) is 1. The van der Waals surface area contributed by atoms with Crippen molar-refractivity contribution in [1.29, 1.82) is 0 Å². The first-order chi connectivity index (χ1) is 20.9. The molecule has 1 amide bonds. The maximum absolute atomic E-state index is 14.9. The molecule has 232 valence electrons. The fourth-order valence-corrected chi connectivity index (χ4v) is 5.67. The minimum atomic E-state index is -1.16. The predicted octanol–water partition coefficient (Wildman–Crippen LogP) is 4.76. The summed E-state index contributed by atoms with van der Waals surface area (Å²) in [5, 5.41) is 12.6. The lowest BCUT2D eigenvalue weighted by Crippen LogP contribution is -2.49. The number of amides is 1. The maximum Gasteiger partial charge on any atom is 0.305 e. The smallest absolute Gasteiger partial charge is 0.305 e. The Balaban J connectivity index is 1.69. The Morgan fingerprint density at radius 1 is 1.20 bits per heavy atom. The van der Waals surface area contributed by atoms with Crippen molar-refractivity contribution in [2.75, 3.05) is 19.6 Å². The van der Waals surface area contributed by atoms with Gasteiger partial charge in [-0.05, 0) is 78.5 Å². The zero-order chi connectivity index (χ0) is 32.1. The number of nitrogens with one attached hydrogen (secondary N) is 1. The van der Waals surface area contributed by atoms with E-state index in [2.05, 4.69) is 16.2 Å². The van der Waals surface area contributed by atoms with Gasteiger partial charge < -0.3 is 15.0 Å². The van der Waals surface area contributed by atoms with Crippen molar-refractivity contribution >= 4 is 11.9 Å². The van der Waals surface area contributed by atoms with Crippen LogP contribution in [0.15, 0.2) is 47.5 Å². The summed E-state index contributed by atoms with van der Waals surface area (Å²) in [5.41, 5.74) is 3.77. The quantitative estimate of drug-likeness (QED) is 0.289. The molecule has 0 spiro atoms. The fourth-order valence-electron chi connectivity index (χ4n) is 5.67. The molecule has 0 radical (unpaired) electrons. The highest BCUT2D eigenvalue weighted by molar-refractivity contribution is 5.82. The Hall–Kier alpha value is -4.36. The molecule has 0 saturated carbocycles. The highest BCUT2D eigenvalue weighted by Gasteiger charge is 2.29. The monoisotopic (exact) mass is 604 g/mol. The van der Waals surface area contributed by atoms with Crippen LogP contribution in [0.2, 0.25) is 0 Å². The third kappa shape index (κ3) is 7.58. The Labute approximate surface area is 256 Å². The summed E-state index contributed by atoms with van der Waals surface area (Å²) in [5.74, 6) is -0.241. The number of carbonyl (C=O) groups is 2. The van der Waals surface area contributed by atoms with Gasteiger partial charge in [-0.3, -0.25) is 19.3 Å². The zero-order valence-electron chi connectivity index (χ0n) is 25.4. The van der Waals surface area contributed by atoms with E-state index in [9.17, 15) is 28.3 Å². The highest BCUT2D eigenvalue weighted by atomic mass is 19.1. The molecule has 8 nitrogen and oxygen atoms in total. The SMILES string of the molecule is C#Cc1ncc([C@@H](CC(=O)O)NC(=O)[C@H](CC(C)C)n2cc(CCN3CC(F)C3)cc(F)c2=O)cc1-c1c(C)cccc1C. The molecule has 0 bridgehead atoms. The van der Waals surface area contributed by atoms with Crippen LogP contribution in [0.4, 0.5) is 8.78 Å². The van der Waals surface area contributed by atoms with Crippen LogP contribution in [-0.4, -0.2) is 57.2 Å². The second-order valence-electron chi connectivity index (χ2n) is 11.9. The normalized spacial score (nSPS) is 15.0. The van der Waals surface area contributed by atoms with Crippen molar-refractivity contribution in [1.82, 2.24) is 19.8 Å². The van der Waals surface area contributed by atoms with Gasteiger partial charge in [0, 0.05) is 37.6 Å². The number of halogens is 2. The predicted molar refractivity (Wildman–Crippen MR) is 164 cm³/mol. The van der Waals surface area contributed by atoms with Gasteiger partial charge in [0.15, 0.2) is 5.82 Å². The average Bonchev–Trinajstić information content (AvgIpc) is 2.94. The first-order valence-electron chi connectivity index (χ1n) is 14.7. The van der Waals surface area contributed by atoms with Crippen LogP contribution in [0, 0.1) is 37.9 Å². The van der Waals surface area contributed by atoms with Crippen LogP contribution < -0.4 is 10.9 Å². The lowest BCUT2D eigenvalue weighted by molar-refractivity contribution is -0.138. The molecule has 1 aromatic carbocycles. The first-order valence-corrected chi connectivity index (χ1v) is 14.7. The van der Waals surface area contributed by atoms with Crippen molar-refractivity contribution in [3.63, 3.8) is 0 Å². The number of carbonyl (C=O) groups excluding carboxylic acids is 1. The maximum atomic E-state index is 14.9. The van der Waals surface area contributed by atoms with Gasteiger partial charge in [-0.1, -0.05) is 32.0 Å². The average molecular weight is 605 g/mol. The summed E-state index contributed by atoms with van der Waals surface area (Å²) in [6.45, 7) is 8.74. The summed E-state index contributed by atoms with van der Waals surface area (Å²) in [6.07, 6.45) is 7.92. The Morgan fingerprint density at radius 2 is 1.89 bits per heavy atom. The molecule has 0 unspecified atom stereocenters. The Bertz CT molecular complexity index is 1620. The first kappa shape index (κ1) is 32.6. The van der Waals surface area contributed by atoms with Crippen molar-refractivity contribution in [3.05, 3.63) is 86.8 Å². The fraction of sp³-hybridized carbons (Fsp3) is 0.412. The molecular weight excluding hydrogens is 566 g/mol. The summed E-state index contributed by atoms with van der Waals surface area (Å²) < 4.78 is 29.2. The summed E-state index contributed by atoms with van der Waals surface area (Å²) in [4.78, 5) is 45.1. The number of aromatic nitrogens is 2. The van der Waals surface area contributed by atoms with Crippen LogP contribution in [0.25, 0.3) is 11.1 Å². The van der Waals surface area contributed by atoms with Crippen LogP contribution in [0.5, 0.6) is 0 Å². The second kappa shape index (κ2) is 14.0. The number of alkyl halides is 1. The summed E-state index contributed by atoms with van der Waals surface area (Å²) in [7, 11) is 0. The minimum absolute atomic E-state index is 0.0583. The molecule has 2 aromatic heterocycles.